The monoisotopic (exact) mass is 174 g/mol. The van der Waals surface area contributed by atoms with Crippen molar-refractivity contribution < 1.29 is 14.3 Å². The Morgan fingerprint density at radius 1 is 1.58 bits per heavy atom. The smallest absolute Gasteiger partial charge is 0.302 e. The zero-order valence-electron chi connectivity index (χ0n) is 7.29. The molecule has 0 saturated heterocycles. The Hall–Kier alpha value is -1.10. The van der Waals surface area contributed by atoms with Crippen LogP contribution in [0.5, 0.6) is 0 Å². The molecule has 1 amide bonds. The normalized spacial score (nSPS) is 11.9. The summed E-state index contributed by atoms with van der Waals surface area (Å²) in [6, 6.07) is -0.526. The Labute approximate surface area is 71.3 Å². The summed E-state index contributed by atoms with van der Waals surface area (Å²) in [5.74, 6) is -0.604. The molecule has 5 heteroatoms. The molecule has 0 unspecified atom stereocenters. The molecule has 0 bridgehead atoms. The van der Waals surface area contributed by atoms with E-state index in [4.69, 9.17) is 5.73 Å². The molecule has 0 heterocycles. The van der Waals surface area contributed by atoms with Crippen LogP contribution in [0.15, 0.2) is 0 Å². The van der Waals surface area contributed by atoms with E-state index in [0.29, 0.717) is 6.54 Å². The van der Waals surface area contributed by atoms with E-state index < -0.39 is 6.04 Å². The van der Waals surface area contributed by atoms with E-state index in [-0.39, 0.29) is 18.5 Å². The molecule has 5 nitrogen and oxygen atoms in total. The lowest BCUT2D eigenvalue weighted by molar-refractivity contribution is -0.141. The standard InChI is InChI=1S/C7H14N2O3/c1-5(8)7(11)9-3-4-12-6(2)10/h5H,3-4,8H2,1-2H3,(H,9,11)/t5-/m1/s1. The first-order valence-electron chi connectivity index (χ1n) is 3.70. The predicted molar refractivity (Wildman–Crippen MR) is 43.3 cm³/mol. The molecule has 0 aliphatic carbocycles. The fourth-order valence-corrected chi connectivity index (χ4v) is 0.530. The predicted octanol–water partition coefficient (Wildman–Crippen LogP) is -0.987. The molecule has 0 aromatic carbocycles. The van der Waals surface area contributed by atoms with E-state index in [1.807, 2.05) is 0 Å². The summed E-state index contributed by atoms with van der Waals surface area (Å²) in [4.78, 5) is 21.1. The van der Waals surface area contributed by atoms with Gasteiger partial charge < -0.3 is 15.8 Å². The second-order valence-electron chi connectivity index (χ2n) is 2.42. The lowest BCUT2D eigenvalue weighted by atomic mass is 10.3. The molecular weight excluding hydrogens is 160 g/mol. The van der Waals surface area contributed by atoms with E-state index in [1.54, 1.807) is 6.92 Å². The third kappa shape index (κ3) is 5.67. The molecule has 0 aliphatic rings. The number of carbonyl (C=O) groups excluding carboxylic acids is 2. The van der Waals surface area contributed by atoms with Crippen molar-refractivity contribution in [1.29, 1.82) is 0 Å². The van der Waals surface area contributed by atoms with Gasteiger partial charge in [0, 0.05) is 6.92 Å². The van der Waals surface area contributed by atoms with Crippen molar-refractivity contribution >= 4 is 11.9 Å². The van der Waals surface area contributed by atoms with Gasteiger partial charge in [0.25, 0.3) is 0 Å². The second-order valence-corrected chi connectivity index (χ2v) is 2.42. The van der Waals surface area contributed by atoms with Gasteiger partial charge in [0.2, 0.25) is 5.91 Å². The molecule has 12 heavy (non-hydrogen) atoms. The Balaban J connectivity index is 3.32. The maximum Gasteiger partial charge on any atom is 0.302 e. The highest BCUT2D eigenvalue weighted by molar-refractivity contribution is 5.80. The summed E-state index contributed by atoms with van der Waals surface area (Å²) in [5.41, 5.74) is 5.26. The van der Waals surface area contributed by atoms with Crippen LogP contribution in [0, 0.1) is 0 Å². The molecule has 0 aliphatic heterocycles. The molecule has 0 fully saturated rings. The maximum absolute atomic E-state index is 10.8. The van der Waals surface area contributed by atoms with Crippen LogP contribution in [0.1, 0.15) is 13.8 Å². The lowest BCUT2D eigenvalue weighted by Gasteiger charge is -2.06. The summed E-state index contributed by atoms with van der Waals surface area (Å²) in [5, 5.41) is 2.50. The van der Waals surface area contributed by atoms with E-state index in [1.165, 1.54) is 6.92 Å². The number of nitrogens with two attached hydrogens (primary N) is 1. The van der Waals surface area contributed by atoms with Crippen molar-refractivity contribution in [2.75, 3.05) is 13.2 Å². The summed E-state index contributed by atoms with van der Waals surface area (Å²) < 4.78 is 4.58. The zero-order valence-corrected chi connectivity index (χ0v) is 7.29. The van der Waals surface area contributed by atoms with Crippen molar-refractivity contribution in [2.24, 2.45) is 5.73 Å². The van der Waals surface area contributed by atoms with E-state index in [0.717, 1.165) is 0 Å². The van der Waals surface area contributed by atoms with Crippen LogP contribution in [0.4, 0.5) is 0 Å². The fourth-order valence-electron chi connectivity index (χ4n) is 0.530. The Bertz CT molecular complexity index is 168. The Kier molecular flexibility index (Phi) is 5.03. The Morgan fingerprint density at radius 3 is 2.58 bits per heavy atom. The lowest BCUT2D eigenvalue weighted by Crippen LogP contribution is -2.39. The third-order valence-corrected chi connectivity index (χ3v) is 1.12. The highest BCUT2D eigenvalue weighted by Gasteiger charge is 2.05. The van der Waals surface area contributed by atoms with Crippen LogP contribution in [0.25, 0.3) is 0 Å². The van der Waals surface area contributed by atoms with E-state index in [2.05, 4.69) is 10.1 Å². The molecule has 0 spiro atoms. The number of hydrogen-bond acceptors (Lipinski definition) is 4. The molecular formula is C7H14N2O3. The number of hydrogen-bond donors (Lipinski definition) is 2. The minimum absolute atomic E-state index is 0.188. The highest BCUT2D eigenvalue weighted by atomic mass is 16.5. The Morgan fingerprint density at radius 2 is 2.17 bits per heavy atom. The average molecular weight is 174 g/mol. The van der Waals surface area contributed by atoms with E-state index in [9.17, 15) is 9.59 Å². The molecule has 3 N–H and O–H groups in total. The van der Waals surface area contributed by atoms with Gasteiger partial charge in [0.1, 0.15) is 6.61 Å². The van der Waals surface area contributed by atoms with Gasteiger partial charge in [-0.3, -0.25) is 9.59 Å². The van der Waals surface area contributed by atoms with Gasteiger partial charge in [0.05, 0.1) is 12.6 Å². The molecule has 0 rings (SSSR count). The first kappa shape index (κ1) is 10.9. The van der Waals surface area contributed by atoms with Crippen LogP contribution >= 0.6 is 0 Å². The number of amides is 1. The van der Waals surface area contributed by atoms with Crippen molar-refractivity contribution in [3.8, 4) is 0 Å². The van der Waals surface area contributed by atoms with Gasteiger partial charge in [-0.05, 0) is 6.92 Å². The quantitative estimate of drug-likeness (QED) is 0.423. The molecule has 0 saturated carbocycles. The number of esters is 1. The minimum atomic E-state index is -0.526. The summed E-state index contributed by atoms with van der Waals surface area (Å²) in [6.45, 7) is 3.39. The minimum Gasteiger partial charge on any atom is -0.464 e. The van der Waals surface area contributed by atoms with Gasteiger partial charge in [-0.25, -0.2) is 0 Å². The summed E-state index contributed by atoms with van der Waals surface area (Å²) >= 11 is 0. The molecule has 0 aromatic rings. The number of carbonyl (C=O) groups is 2. The number of ether oxygens (including phenoxy) is 1. The van der Waals surface area contributed by atoms with Crippen LogP contribution in [0.2, 0.25) is 0 Å². The van der Waals surface area contributed by atoms with Crippen molar-refractivity contribution in [3.63, 3.8) is 0 Å². The topological polar surface area (TPSA) is 81.4 Å². The van der Waals surface area contributed by atoms with Crippen LogP contribution < -0.4 is 11.1 Å². The van der Waals surface area contributed by atoms with Crippen molar-refractivity contribution in [2.45, 2.75) is 19.9 Å². The van der Waals surface area contributed by atoms with Gasteiger partial charge in [-0.2, -0.15) is 0 Å². The van der Waals surface area contributed by atoms with Gasteiger partial charge in [-0.15, -0.1) is 0 Å². The third-order valence-electron chi connectivity index (χ3n) is 1.12. The highest BCUT2D eigenvalue weighted by Crippen LogP contribution is 1.77. The van der Waals surface area contributed by atoms with Crippen LogP contribution in [-0.4, -0.2) is 31.1 Å². The van der Waals surface area contributed by atoms with Crippen molar-refractivity contribution in [3.05, 3.63) is 0 Å². The number of nitrogens with one attached hydrogen (secondary N) is 1. The summed E-state index contributed by atoms with van der Waals surface area (Å²) in [6.07, 6.45) is 0. The average Bonchev–Trinajstić information content (AvgIpc) is 1.97. The largest absolute Gasteiger partial charge is 0.464 e. The molecule has 0 aromatic heterocycles. The van der Waals surface area contributed by atoms with Crippen molar-refractivity contribution in [1.82, 2.24) is 5.32 Å². The molecule has 1 atom stereocenters. The van der Waals surface area contributed by atoms with Crippen LogP contribution in [0.3, 0.4) is 0 Å². The second kappa shape index (κ2) is 5.54. The first-order valence-corrected chi connectivity index (χ1v) is 3.70. The van der Waals surface area contributed by atoms with Crippen LogP contribution in [-0.2, 0) is 14.3 Å². The van der Waals surface area contributed by atoms with E-state index >= 15 is 0 Å². The first-order chi connectivity index (χ1) is 5.54. The molecule has 70 valence electrons. The van der Waals surface area contributed by atoms with Gasteiger partial charge in [0.15, 0.2) is 0 Å². The zero-order chi connectivity index (χ0) is 9.56. The fraction of sp³-hybridized carbons (Fsp3) is 0.714. The SMILES string of the molecule is CC(=O)OCCNC(=O)[C@@H](C)N. The van der Waals surface area contributed by atoms with Gasteiger partial charge in [-0.1, -0.05) is 0 Å². The summed E-state index contributed by atoms with van der Waals surface area (Å²) in [7, 11) is 0. The molecule has 0 radical (unpaired) electrons. The number of rotatable bonds is 4. The van der Waals surface area contributed by atoms with Gasteiger partial charge >= 0.3 is 5.97 Å². The maximum atomic E-state index is 10.8.